The zero-order chi connectivity index (χ0) is 18.1. The Morgan fingerprint density at radius 1 is 1.24 bits per heavy atom. The second-order valence-corrected chi connectivity index (χ2v) is 5.53. The minimum Gasteiger partial charge on any atom is -0.494 e. The maximum absolute atomic E-state index is 13.1. The van der Waals surface area contributed by atoms with E-state index in [-0.39, 0.29) is 22.6 Å². The number of pyridine rings is 1. The quantitative estimate of drug-likeness (QED) is 0.292. The predicted molar refractivity (Wildman–Crippen MR) is 92.2 cm³/mol. The lowest BCUT2D eigenvalue weighted by atomic mass is 10.0. The Morgan fingerprint density at radius 3 is 2.68 bits per heavy atom. The topological polar surface area (TPSA) is 106 Å². The van der Waals surface area contributed by atoms with Crippen molar-refractivity contribution in [2.24, 2.45) is 0 Å². The van der Waals surface area contributed by atoms with Crippen LogP contribution in [0.4, 0.5) is 5.69 Å². The van der Waals surface area contributed by atoms with Crippen molar-refractivity contribution in [1.29, 1.82) is 0 Å². The molecule has 0 aliphatic heterocycles. The van der Waals surface area contributed by atoms with Gasteiger partial charge in [0.05, 0.1) is 18.2 Å². The number of hydroxylamine groups is 1. The first-order valence-electron chi connectivity index (χ1n) is 7.52. The lowest BCUT2D eigenvalue weighted by Crippen LogP contribution is -2.20. The summed E-state index contributed by atoms with van der Waals surface area (Å²) in [5.74, 6) is -0.442. The summed E-state index contributed by atoms with van der Waals surface area (Å²) in [6, 6.07) is 9.89. The van der Waals surface area contributed by atoms with E-state index < -0.39 is 5.91 Å². The molecule has 2 aromatic heterocycles. The largest absolute Gasteiger partial charge is 0.494 e. The van der Waals surface area contributed by atoms with Gasteiger partial charge >= 0.3 is 0 Å². The number of aromatic nitrogens is 1. The molecule has 0 radical (unpaired) electrons. The molecule has 4 N–H and O–H groups in total. The van der Waals surface area contributed by atoms with Crippen LogP contribution in [-0.4, -0.2) is 28.4 Å². The molecular weight excluding hydrogens is 322 g/mol. The van der Waals surface area contributed by atoms with E-state index in [0.717, 1.165) is 5.52 Å². The van der Waals surface area contributed by atoms with Gasteiger partial charge in [0.15, 0.2) is 0 Å². The lowest BCUT2D eigenvalue weighted by molar-refractivity contribution is 0.0707. The number of hydrogen-bond acceptors (Lipinski definition) is 5. The number of nitrogens with one attached hydrogen (secondary N) is 1. The summed E-state index contributed by atoms with van der Waals surface area (Å²) in [6.07, 6.45) is 1.77. The highest BCUT2D eigenvalue weighted by Crippen LogP contribution is 2.32. The highest BCUT2D eigenvalue weighted by Gasteiger charge is 2.23. The predicted octanol–water partition coefficient (Wildman–Crippen LogP) is 2.19. The number of benzene rings is 1. The van der Waals surface area contributed by atoms with Gasteiger partial charge in [-0.25, -0.2) is 5.48 Å². The number of amides is 1. The van der Waals surface area contributed by atoms with Crippen LogP contribution in [0.5, 0.6) is 5.75 Å². The molecule has 2 heterocycles. The van der Waals surface area contributed by atoms with Crippen molar-refractivity contribution in [1.82, 2.24) is 9.88 Å². The summed E-state index contributed by atoms with van der Waals surface area (Å²) in [6.45, 7) is 1.80. The van der Waals surface area contributed by atoms with Crippen molar-refractivity contribution in [2.45, 2.75) is 6.92 Å². The molecule has 1 aromatic carbocycles. The molecule has 0 fully saturated rings. The summed E-state index contributed by atoms with van der Waals surface area (Å²) in [7, 11) is 1.55. The van der Waals surface area contributed by atoms with Gasteiger partial charge in [0.1, 0.15) is 11.4 Å². The number of nitrogen functional groups attached to an aromatic ring is 1. The maximum atomic E-state index is 13.1. The molecule has 0 spiro atoms. The zero-order valence-corrected chi connectivity index (χ0v) is 13.7. The Hall–Kier alpha value is -3.32. The van der Waals surface area contributed by atoms with Gasteiger partial charge in [0.25, 0.3) is 5.91 Å². The van der Waals surface area contributed by atoms with Crippen LogP contribution in [0.2, 0.25) is 0 Å². The number of anilines is 1. The lowest BCUT2D eigenvalue weighted by Gasteiger charge is -2.08. The van der Waals surface area contributed by atoms with Crippen molar-refractivity contribution in [3.05, 3.63) is 65.0 Å². The maximum Gasteiger partial charge on any atom is 0.276 e. The Bertz CT molecular complexity index is 991. The van der Waals surface area contributed by atoms with Crippen LogP contribution in [0, 0.1) is 6.92 Å². The Morgan fingerprint density at radius 2 is 2.00 bits per heavy atom. The van der Waals surface area contributed by atoms with Crippen molar-refractivity contribution >= 4 is 22.9 Å². The van der Waals surface area contributed by atoms with Crippen LogP contribution in [0.3, 0.4) is 0 Å². The van der Waals surface area contributed by atoms with Gasteiger partial charge in [-0.15, -0.1) is 0 Å². The van der Waals surface area contributed by atoms with Gasteiger partial charge in [0, 0.05) is 23.0 Å². The van der Waals surface area contributed by atoms with Gasteiger partial charge < -0.3 is 14.9 Å². The molecule has 128 valence electrons. The average Bonchev–Trinajstić information content (AvgIpc) is 2.92. The van der Waals surface area contributed by atoms with Gasteiger partial charge in [-0.1, -0.05) is 6.07 Å². The highest BCUT2D eigenvalue weighted by atomic mass is 16.5. The van der Waals surface area contributed by atoms with Crippen LogP contribution >= 0.6 is 0 Å². The van der Waals surface area contributed by atoms with Crippen LogP contribution in [-0.2, 0) is 0 Å². The number of nitrogens with two attached hydrogens (primary N) is 1. The SMILES string of the molecule is COc1c(C)c(C(=O)c2ccc(N)c(C(=O)NO)c2)n2ccccc12. The Labute approximate surface area is 143 Å². The summed E-state index contributed by atoms with van der Waals surface area (Å²) < 4.78 is 7.18. The first-order chi connectivity index (χ1) is 12.0. The molecule has 3 aromatic rings. The normalized spacial score (nSPS) is 10.7. The van der Waals surface area contributed by atoms with E-state index in [4.69, 9.17) is 15.7 Å². The van der Waals surface area contributed by atoms with Crippen LogP contribution in [0.1, 0.15) is 32.0 Å². The van der Waals surface area contributed by atoms with Crippen molar-refractivity contribution in [3.63, 3.8) is 0 Å². The molecule has 3 rings (SSSR count). The van der Waals surface area contributed by atoms with Crippen LogP contribution in [0.25, 0.3) is 5.52 Å². The van der Waals surface area contributed by atoms with Gasteiger partial charge in [-0.05, 0) is 37.3 Å². The fourth-order valence-corrected chi connectivity index (χ4v) is 2.93. The van der Waals surface area contributed by atoms with Crippen molar-refractivity contribution < 1.29 is 19.5 Å². The van der Waals surface area contributed by atoms with Crippen LogP contribution < -0.4 is 16.0 Å². The summed E-state index contributed by atoms with van der Waals surface area (Å²) in [5, 5.41) is 8.82. The van der Waals surface area contributed by atoms with E-state index in [0.29, 0.717) is 17.0 Å². The second kappa shape index (κ2) is 6.29. The smallest absolute Gasteiger partial charge is 0.276 e. The monoisotopic (exact) mass is 339 g/mol. The molecular formula is C18H17N3O4. The third kappa shape index (κ3) is 2.60. The van der Waals surface area contributed by atoms with Crippen molar-refractivity contribution in [2.75, 3.05) is 12.8 Å². The first kappa shape index (κ1) is 16.5. The minimum absolute atomic E-state index is 0.0267. The van der Waals surface area contributed by atoms with Gasteiger partial charge in [-0.2, -0.15) is 0 Å². The van der Waals surface area contributed by atoms with Gasteiger partial charge in [0.2, 0.25) is 5.78 Å². The molecule has 0 saturated carbocycles. The number of ketones is 1. The third-order valence-corrected chi connectivity index (χ3v) is 4.11. The number of ether oxygens (including phenoxy) is 1. The number of nitrogens with zero attached hydrogens (tertiary/aromatic N) is 1. The highest BCUT2D eigenvalue weighted by molar-refractivity contribution is 6.12. The second-order valence-electron chi connectivity index (χ2n) is 5.53. The summed E-state index contributed by atoms with van der Waals surface area (Å²) >= 11 is 0. The third-order valence-electron chi connectivity index (χ3n) is 4.11. The van der Waals surface area contributed by atoms with E-state index in [1.165, 1.54) is 17.6 Å². The molecule has 7 heteroatoms. The number of methoxy groups -OCH3 is 1. The molecule has 0 aliphatic rings. The summed E-state index contributed by atoms with van der Waals surface area (Å²) in [5.41, 5.74) is 9.65. The first-order valence-corrected chi connectivity index (χ1v) is 7.52. The fraction of sp³-hybridized carbons (Fsp3) is 0.111. The molecule has 7 nitrogen and oxygen atoms in total. The Balaban J connectivity index is 2.19. The average molecular weight is 339 g/mol. The standard InChI is InChI=1S/C18H17N3O4/c1-10-15(21-8-4-3-5-14(21)17(10)25-2)16(22)11-6-7-13(19)12(9-11)18(23)20-24/h3-9,24H,19H2,1-2H3,(H,20,23). The minimum atomic E-state index is -0.776. The van der Waals surface area contributed by atoms with E-state index in [1.807, 2.05) is 18.2 Å². The molecule has 0 unspecified atom stereocenters. The molecule has 0 atom stereocenters. The molecule has 25 heavy (non-hydrogen) atoms. The van der Waals surface area contributed by atoms with E-state index in [2.05, 4.69) is 0 Å². The van der Waals surface area contributed by atoms with Gasteiger partial charge in [-0.3, -0.25) is 14.8 Å². The van der Waals surface area contributed by atoms with Crippen LogP contribution in [0.15, 0.2) is 42.6 Å². The number of carbonyl (C=O) groups is 2. The fourth-order valence-electron chi connectivity index (χ4n) is 2.93. The number of rotatable bonds is 4. The van der Waals surface area contributed by atoms with E-state index in [9.17, 15) is 9.59 Å². The number of fused-ring (bicyclic) bond motifs is 1. The summed E-state index contributed by atoms with van der Waals surface area (Å²) in [4.78, 5) is 24.8. The Kier molecular flexibility index (Phi) is 4.16. The van der Waals surface area contributed by atoms with E-state index >= 15 is 0 Å². The molecule has 0 bridgehead atoms. The number of carbonyl (C=O) groups excluding carboxylic acids is 2. The molecule has 0 aliphatic carbocycles. The van der Waals surface area contributed by atoms with Crippen molar-refractivity contribution in [3.8, 4) is 5.75 Å². The zero-order valence-electron chi connectivity index (χ0n) is 13.7. The molecule has 1 amide bonds. The molecule has 0 saturated heterocycles. The van der Waals surface area contributed by atoms with E-state index in [1.54, 1.807) is 30.7 Å². The number of hydrogen-bond donors (Lipinski definition) is 3.